The largest absolute Gasteiger partial charge is 0.316 e. The molecule has 1 aromatic carbocycles. The van der Waals surface area contributed by atoms with Crippen LogP contribution >= 0.6 is 23.4 Å². The van der Waals surface area contributed by atoms with Gasteiger partial charge in [-0.25, -0.2) is 12.8 Å². The maximum absolute atomic E-state index is 13.5. The summed E-state index contributed by atoms with van der Waals surface area (Å²) in [5.74, 6) is -0.597. The van der Waals surface area contributed by atoms with E-state index in [-0.39, 0.29) is 39.6 Å². The predicted molar refractivity (Wildman–Crippen MR) is 99.6 cm³/mol. The van der Waals surface area contributed by atoms with Crippen LogP contribution in [0.5, 0.6) is 0 Å². The molecule has 5 nitrogen and oxygen atoms in total. The number of hydrogen-bond donors (Lipinski definition) is 0. The van der Waals surface area contributed by atoms with Crippen molar-refractivity contribution >= 4 is 50.0 Å². The second-order valence-electron chi connectivity index (χ2n) is 6.66. The van der Waals surface area contributed by atoms with Crippen LogP contribution in [0.3, 0.4) is 0 Å². The number of sulfone groups is 1. The van der Waals surface area contributed by atoms with E-state index in [1.807, 2.05) is 13.8 Å². The Hall–Kier alpha value is -1.12. The minimum atomic E-state index is -3.15. The SMILES string of the molecule is CC(C)CC(=O)N=C1S[C@H]2CS(=O)(=O)C[C@@H]2N1c1ccc(F)c(Cl)c1. The molecule has 3 rings (SSSR count). The van der Waals surface area contributed by atoms with Crippen molar-refractivity contribution in [2.45, 2.75) is 31.6 Å². The minimum Gasteiger partial charge on any atom is -0.316 e. The van der Waals surface area contributed by atoms with E-state index in [1.54, 1.807) is 4.90 Å². The molecule has 2 heterocycles. The highest BCUT2D eigenvalue weighted by atomic mass is 35.5. The molecule has 0 aliphatic carbocycles. The number of fused-ring (bicyclic) bond motifs is 1. The lowest BCUT2D eigenvalue weighted by atomic mass is 10.1. The van der Waals surface area contributed by atoms with Crippen LogP contribution in [-0.4, -0.2) is 42.3 Å². The summed E-state index contributed by atoms with van der Waals surface area (Å²) in [6.07, 6.45) is 0.315. The van der Waals surface area contributed by atoms with Crippen LogP contribution < -0.4 is 4.90 Å². The molecule has 2 aliphatic heterocycles. The van der Waals surface area contributed by atoms with Gasteiger partial charge in [0.2, 0.25) is 5.91 Å². The fourth-order valence-electron chi connectivity index (χ4n) is 3.00. The Kier molecular flexibility index (Phi) is 5.14. The van der Waals surface area contributed by atoms with E-state index in [2.05, 4.69) is 4.99 Å². The first-order chi connectivity index (χ1) is 11.7. The Bertz CT molecular complexity index is 842. The van der Waals surface area contributed by atoms with Gasteiger partial charge in [-0.2, -0.15) is 4.99 Å². The van der Waals surface area contributed by atoms with Gasteiger partial charge in [0.15, 0.2) is 15.0 Å². The lowest BCUT2D eigenvalue weighted by Gasteiger charge is -2.24. The number of thioether (sulfide) groups is 1. The number of halogens is 2. The zero-order valence-corrected chi connectivity index (χ0v) is 16.2. The van der Waals surface area contributed by atoms with E-state index in [1.165, 1.54) is 30.0 Å². The second-order valence-corrected chi connectivity index (χ2v) is 10.4. The Morgan fingerprint density at radius 1 is 1.44 bits per heavy atom. The summed E-state index contributed by atoms with van der Waals surface area (Å²) in [5, 5.41) is 0.206. The number of carbonyl (C=O) groups is 1. The molecule has 2 fully saturated rings. The Morgan fingerprint density at radius 3 is 2.80 bits per heavy atom. The van der Waals surface area contributed by atoms with Crippen molar-refractivity contribution in [3.8, 4) is 0 Å². The zero-order chi connectivity index (χ0) is 18.4. The first-order valence-electron chi connectivity index (χ1n) is 7.89. The Balaban J connectivity index is 1.99. The number of rotatable bonds is 3. The van der Waals surface area contributed by atoms with Crippen LogP contribution in [-0.2, 0) is 14.6 Å². The molecule has 136 valence electrons. The van der Waals surface area contributed by atoms with Gasteiger partial charge in [0.25, 0.3) is 0 Å². The molecule has 0 saturated carbocycles. The highest BCUT2D eigenvalue weighted by Gasteiger charge is 2.49. The summed E-state index contributed by atoms with van der Waals surface area (Å²) in [7, 11) is -3.15. The van der Waals surface area contributed by atoms with Crippen LogP contribution in [0, 0.1) is 11.7 Å². The van der Waals surface area contributed by atoms with Gasteiger partial charge in [0, 0.05) is 17.4 Å². The number of aliphatic imine (C=N–C) groups is 1. The fourth-order valence-corrected chi connectivity index (χ4v) is 7.11. The zero-order valence-electron chi connectivity index (χ0n) is 13.8. The molecule has 0 spiro atoms. The Morgan fingerprint density at radius 2 is 2.16 bits per heavy atom. The quantitative estimate of drug-likeness (QED) is 0.774. The van der Waals surface area contributed by atoms with E-state index in [9.17, 15) is 17.6 Å². The second kappa shape index (κ2) is 6.89. The molecule has 0 radical (unpaired) electrons. The third-order valence-electron chi connectivity index (χ3n) is 4.05. The smallest absolute Gasteiger partial charge is 0.248 e. The molecule has 1 amide bonds. The standard InChI is InChI=1S/C16H18ClFN2O3S2/c1-9(2)5-15(21)19-16-20(10-3-4-12(18)11(17)6-10)13-7-25(22,23)8-14(13)24-16/h3-4,6,9,13-14H,5,7-8H2,1-2H3/t13-,14-/m0/s1. The van der Waals surface area contributed by atoms with Crippen molar-refractivity contribution in [1.82, 2.24) is 0 Å². The molecular formula is C16H18ClFN2O3S2. The van der Waals surface area contributed by atoms with E-state index >= 15 is 0 Å². The first-order valence-corrected chi connectivity index (χ1v) is 11.0. The van der Waals surface area contributed by atoms with E-state index < -0.39 is 15.7 Å². The van der Waals surface area contributed by atoms with Gasteiger partial charge < -0.3 is 4.90 Å². The van der Waals surface area contributed by atoms with E-state index in [4.69, 9.17) is 11.6 Å². The van der Waals surface area contributed by atoms with Gasteiger partial charge in [0.05, 0.1) is 22.6 Å². The van der Waals surface area contributed by atoms with Crippen molar-refractivity contribution in [2.24, 2.45) is 10.9 Å². The molecule has 1 aromatic rings. The number of amidine groups is 1. The number of carbonyl (C=O) groups excluding carboxylic acids is 1. The summed E-state index contributed by atoms with van der Waals surface area (Å²) in [6.45, 7) is 3.86. The third kappa shape index (κ3) is 4.01. The topological polar surface area (TPSA) is 66.8 Å². The number of hydrogen-bond acceptors (Lipinski definition) is 4. The maximum atomic E-state index is 13.5. The molecule has 2 aliphatic rings. The maximum Gasteiger partial charge on any atom is 0.248 e. The first kappa shape index (κ1) is 18.7. The molecule has 0 aromatic heterocycles. The van der Waals surface area contributed by atoms with Crippen LogP contribution in [0.1, 0.15) is 20.3 Å². The molecule has 9 heteroatoms. The van der Waals surface area contributed by atoms with Gasteiger partial charge in [0.1, 0.15) is 5.82 Å². The number of amides is 1. The Labute approximate surface area is 155 Å². The van der Waals surface area contributed by atoms with Crippen molar-refractivity contribution in [2.75, 3.05) is 16.4 Å². The average Bonchev–Trinajstić information content (AvgIpc) is 2.92. The van der Waals surface area contributed by atoms with Crippen LogP contribution in [0.2, 0.25) is 5.02 Å². The van der Waals surface area contributed by atoms with Crippen molar-refractivity contribution in [3.05, 3.63) is 29.0 Å². The lowest BCUT2D eigenvalue weighted by Crippen LogP contribution is -2.37. The lowest BCUT2D eigenvalue weighted by molar-refractivity contribution is -0.118. The molecule has 0 bridgehead atoms. The predicted octanol–water partition coefficient (Wildman–Crippen LogP) is 3.13. The number of anilines is 1. The molecule has 2 atom stereocenters. The highest BCUT2D eigenvalue weighted by Crippen LogP contribution is 2.41. The van der Waals surface area contributed by atoms with Crippen LogP contribution in [0.15, 0.2) is 23.2 Å². The van der Waals surface area contributed by atoms with Gasteiger partial charge in [-0.1, -0.05) is 37.2 Å². The highest BCUT2D eigenvalue weighted by molar-refractivity contribution is 8.16. The summed E-state index contributed by atoms with van der Waals surface area (Å²) >= 11 is 7.17. The van der Waals surface area contributed by atoms with Gasteiger partial charge in [-0.3, -0.25) is 4.79 Å². The van der Waals surface area contributed by atoms with Gasteiger partial charge >= 0.3 is 0 Å². The van der Waals surface area contributed by atoms with Crippen molar-refractivity contribution in [3.63, 3.8) is 0 Å². The molecule has 25 heavy (non-hydrogen) atoms. The fraction of sp³-hybridized carbons (Fsp3) is 0.500. The van der Waals surface area contributed by atoms with Crippen LogP contribution in [0.25, 0.3) is 0 Å². The summed E-state index contributed by atoms with van der Waals surface area (Å²) < 4.78 is 37.5. The monoisotopic (exact) mass is 404 g/mol. The van der Waals surface area contributed by atoms with E-state index in [0.717, 1.165) is 0 Å². The van der Waals surface area contributed by atoms with Crippen LogP contribution in [0.4, 0.5) is 10.1 Å². The molecule has 0 unspecified atom stereocenters. The van der Waals surface area contributed by atoms with Crippen molar-refractivity contribution < 1.29 is 17.6 Å². The number of benzene rings is 1. The van der Waals surface area contributed by atoms with E-state index in [0.29, 0.717) is 17.3 Å². The summed E-state index contributed by atoms with van der Waals surface area (Å²) in [5.41, 5.74) is 0.541. The van der Waals surface area contributed by atoms with Crippen molar-refractivity contribution in [1.29, 1.82) is 0 Å². The van der Waals surface area contributed by atoms with Gasteiger partial charge in [-0.05, 0) is 24.1 Å². The molecule has 0 N–H and O–H groups in total. The summed E-state index contributed by atoms with van der Waals surface area (Å²) in [4.78, 5) is 18.0. The number of nitrogens with zero attached hydrogens (tertiary/aromatic N) is 2. The molecule has 2 saturated heterocycles. The molecular weight excluding hydrogens is 387 g/mol. The minimum absolute atomic E-state index is 0.0168. The van der Waals surface area contributed by atoms with Gasteiger partial charge in [-0.15, -0.1) is 0 Å². The summed E-state index contributed by atoms with van der Waals surface area (Å²) in [6, 6.07) is 3.86. The normalized spacial score (nSPS) is 26.4. The average molecular weight is 405 g/mol. The third-order valence-corrected chi connectivity index (χ3v) is 7.55.